The molecule has 9 heteroatoms. The number of likely N-dealkylation sites (tertiary alicyclic amines) is 1. The molecule has 2 aliphatic rings. The second kappa shape index (κ2) is 20.5. The highest BCUT2D eigenvalue weighted by molar-refractivity contribution is 6.12. The molecule has 1 fully saturated rings. The number of benzene rings is 2. The minimum Gasteiger partial charge on any atom is -0.373 e. The van der Waals surface area contributed by atoms with Crippen molar-refractivity contribution in [3.63, 3.8) is 0 Å². The SMILES string of the molecule is CC.CC.CN1C(=O)C=CC1=O.CN1C(=O)CC(Nc2ccccc2)C1=O.Cc1ccccc1.FF. The minimum atomic E-state index is -0.412. The van der Waals surface area contributed by atoms with Gasteiger partial charge in [0.1, 0.15) is 6.04 Å². The van der Waals surface area contributed by atoms with Crippen LogP contribution < -0.4 is 5.32 Å². The fourth-order valence-corrected chi connectivity index (χ4v) is 2.61. The lowest BCUT2D eigenvalue weighted by molar-refractivity contribution is -0.137. The molecule has 0 aliphatic carbocycles. The number of halogens is 2. The number of rotatable bonds is 2. The molecular formula is C27H37F2N3O4. The molecule has 0 spiro atoms. The van der Waals surface area contributed by atoms with E-state index in [1.165, 1.54) is 36.7 Å². The first kappa shape index (κ1) is 34.3. The van der Waals surface area contributed by atoms with Crippen molar-refractivity contribution in [2.24, 2.45) is 0 Å². The summed E-state index contributed by atoms with van der Waals surface area (Å²) in [6.07, 6.45) is 2.74. The molecule has 1 unspecified atom stereocenters. The van der Waals surface area contributed by atoms with Gasteiger partial charge >= 0.3 is 0 Å². The summed E-state index contributed by atoms with van der Waals surface area (Å²) in [4.78, 5) is 45.8. The van der Waals surface area contributed by atoms with Crippen molar-refractivity contribution in [3.8, 4) is 0 Å². The lowest BCUT2D eigenvalue weighted by Gasteiger charge is -2.11. The van der Waals surface area contributed by atoms with Gasteiger partial charge in [0.15, 0.2) is 0 Å². The number of anilines is 1. The molecule has 2 aliphatic heterocycles. The molecule has 2 aromatic carbocycles. The Hall–Kier alpha value is -3.88. The fourth-order valence-electron chi connectivity index (χ4n) is 2.61. The van der Waals surface area contributed by atoms with Crippen LogP contribution in [-0.2, 0) is 19.2 Å². The molecule has 198 valence electrons. The van der Waals surface area contributed by atoms with Crippen LogP contribution in [0, 0.1) is 6.92 Å². The van der Waals surface area contributed by atoms with Gasteiger partial charge in [0.05, 0.1) is 6.42 Å². The van der Waals surface area contributed by atoms with Crippen LogP contribution in [0.1, 0.15) is 39.7 Å². The largest absolute Gasteiger partial charge is 0.373 e. The number of para-hydroxylation sites is 1. The predicted molar refractivity (Wildman–Crippen MR) is 139 cm³/mol. The number of amides is 4. The molecule has 7 nitrogen and oxygen atoms in total. The maximum atomic E-state index is 11.6. The van der Waals surface area contributed by atoms with Crippen molar-refractivity contribution in [3.05, 3.63) is 78.4 Å². The number of imide groups is 2. The first-order valence-electron chi connectivity index (χ1n) is 11.6. The normalized spacial score (nSPS) is 15.0. The number of nitrogens with zero attached hydrogens (tertiary/aromatic N) is 2. The zero-order chi connectivity index (χ0) is 28.1. The van der Waals surface area contributed by atoms with Gasteiger partial charge in [-0.05, 0) is 19.1 Å². The Morgan fingerprint density at radius 2 is 1.14 bits per heavy atom. The third kappa shape index (κ3) is 12.5. The van der Waals surface area contributed by atoms with Crippen LogP contribution in [0.5, 0.6) is 0 Å². The summed E-state index contributed by atoms with van der Waals surface area (Å²) in [6, 6.07) is 19.3. The highest BCUT2D eigenvalue weighted by Gasteiger charge is 2.35. The van der Waals surface area contributed by atoms with E-state index in [9.17, 15) is 19.2 Å². The zero-order valence-corrected chi connectivity index (χ0v) is 22.0. The van der Waals surface area contributed by atoms with Gasteiger partial charge in [-0.3, -0.25) is 29.0 Å². The van der Waals surface area contributed by atoms with Gasteiger partial charge in [-0.2, -0.15) is 0 Å². The molecular weight excluding hydrogens is 468 g/mol. The zero-order valence-electron chi connectivity index (χ0n) is 22.0. The standard InChI is InChI=1S/C11H12N2O2.C7H8.C5H5NO2.2C2H6.F2/c1-13-10(14)7-9(11(13)15)12-8-5-3-2-4-6-8;1-7-5-3-2-4-6-7;1-6-4(7)2-3-5(6)8;3*1-2/h2-6,9,12H,7H2,1H3;2-6H,1H3;2-3H,1H3;2*1-2H3;. The summed E-state index contributed by atoms with van der Waals surface area (Å²) in [6.45, 7) is 10.1. The summed E-state index contributed by atoms with van der Waals surface area (Å²) in [5.41, 5.74) is 2.18. The van der Waals surface area contributed by atoms with E-state index < -0.39 is 6.04 Å². The summed E-state index contributed by atoms with van der Waals surface area (Å²) in [5, 5.41) is 3.04. The average molecular weight is 506 g/mol. The minimum absolute atomic E-state index is 0.131. The topological polar surface area (TPSA) is 86.8 Å². The van der Waals surface area contributed by atoms with Crippen LogP contribution in [0.3, 0.4) is 0 Å². The Labute approximate surface area is 212 Å². The maximum absolute atomic E-state index is 11.6. The smallest absolute Gasteiger partial charge is 0.253 e. The first-order chi connectivity index (χ1) is 17.3. The van der Waals surface area contributed by atoms with Crippen molar-refractivity contribution in [1.82, 2.24) is 9.80 Å². The van der Waals surface area contributed by atoms with Crippen molar-refractivity contribution in [2.45, 2.75) is 47.1 Å². The average Bonchev–Trinajstić information content (AvgIpc) is 3.35. The molecule has 36 heavy (non-hydrogen) atoms. The summed E-state index contributed by atoms with van der Waals surface area (Å²) in [7, 11) is 2.96. The highest BCUT2D eigenvalue weighted by Crippen LogP contribution is 2.16. The summed E-state index contributed by atoms with van der Waals surface area (Å²) >= 11 is 0. The highest BCUT2D eigenvalue weighted by atomic mass is 20.0. The lowest BCUT2D eigenvalue weighted by Crippen LogP contribution is -2.31. The monoisotopic (exact) mass is 505 g/mol. The third-order valence-corrected chi connectivity index (χ3v) is 4.47. The van der Waals surface area contributed by atoms with Gasteiger partial charge in [-0.25, -0.2) is 0 Å². The molecule has 1 N–H and O–H groups in total. The second-order valence-electron chi connectivity index (χ2n) is 6.78. The Morgan fingerprint density at radius 3 is 1.42 bits per heavy atom. The van der Waals surface area contributed by atoms with E-state index in [-0.39, 0.29) is 30.0 Å². The van der Waals surface area contributed by atoms with E-state index >= 15 is 0 Å². The van der Waals surface area contributed by atoms with Crippen molar-refractivity contribution >= 4 is 29.3 Å². The Kier molecular flexibility index (Phi) is 19.5. The number of aryl methyl sites for hydroxylation is 1. The van der Waals surface area contributed by atoms with Crippen LogP contribution >= 0.6 is 0 Å². The van der Waals surface area contributed by atoms with E-state index in [2.05, 4.69) is 24.4 Å². The number of hydrogen-bond donors (Lipinski definition) is 1. The summed E-state index contributed by atoms with van der Waals surface area (Å²) < 4.78 is 16.0. The molecule has 0 bridgehead atoms. The van der Waals surface area contributed by atoms with Gasteiger partial charge in [-0.15, -0.1) is 0 Å². The van der Waals surface area contributed by atoms with Crippen molar-refractivity contribution < 1.29 is 28.3 Å². The number of likely N-dealkylation sites (N-methyl/N-ethyl adjacent to an activating group) is 2. The molecule has 0 aromatic heterocycles. The number of carbonyl (C=O) groups excluding carboxylic acids is 4. The van der Waals surface area contributed by atoms with E-state index in [1.807, 2.05) is 76.2 Å². The molecule has 4 amide bonds. The Morgan fingerprint density at radius 1 is 0.722 bits per heavy atom. The molecule has 1 saturated heterocycles. The summed E-state index contributed by atoms with van der Waals surface area (Å²) in [5.74, 6) is -0.776. The molecule has 1 atom stereocenters. The fraction of sp³-hybridized carbons (Fsp3) is 0.333. The molecule has 0 saturated carbocycles. The van der Waals surface area contributed by atoms with Crippen LogP contribution in [0.2, 0.25) is 0 Å². The van der Waals surface area contributed by atoms with E-state index in [1.54, 1.807) is 0 Å². The lowest BCUT2D eigenvalue weighted by atomic mass is 10.2. The van der Waals surface area contributed by atoms with E-state index in [0.717, 1.165) is 10.6 Å². The molecule has 2 heterocycles. The molecule has 2 aromatic rings. The van der Waals surface area contributed by atoms with Crippen LogP contribution in [0.15, 0.2) is 72.8 Å². The van der Waals surface area contributed by atoms with Gasteiger partial charge in [-0.1, -0.05) is 81.8 Å². The van der Waals surface area contributed by atoms with Crippen LogP contribution in [0.25, 0.3) is 0 Å². The van der Waals surface area contributed by atoms with Crippen LogP contribution in [0.4, 0.5) is 14.8 Å². The Balaban J connectivity index is 0. The van der Waals surface area contributed by atoms with Gasteiger partial charge in [0, 0.05) is 41.1 Å². The third-order valence-electron chi connectivity index (χ3n) is 4.47. The second-order valence-corrected chi connectivity index (χ2v) is 6.78. The first-order valence-corrected chi connectivity index (χ1v) is 11.6. The van der Waals surface area contributed by atoms with Gasteiger partial charge in [0.25, 0.3) is 17.7 Å². The van der Waals surface area contributed by atoms with Crippen molar-refractivity contribution in [1.29, 1.82) is 0 Å². The van der Waals surface area contributed by atoms with E-state index in [4.69, 9.17) is 9.15 Å². The molecule has 4 rings (SSSR count). The number of hydrogen-bond acceptors (Lipinski definition) is 5. The molecule has 0 radical (unpaired) electrons. The Bertz CT molecular complexity index is 921. The number of carbonyl (C=O) groups is 4. The predicted octanol–water partition coefficient (Wildman–Crippen LogP) is 5.28. The maximum Gasteiger partial charge on any atom is 0.253 e. The van der Waals surface area contributed by atoms with Crippen LogP contribution in [-0.4, -0.2) is 53.6 Å². The quantitative estimate of drug-likeness (QED) is 0.561. The van der Waals surface area contributed by atoms with E-state index in [0.29, 0.717) is 0 Å². The van der Waals surface area contributed by atoms with Crippen molar-refractivity contribution in [2.75, 3.05) is 19.4 Å². The number of nitrogens with one attached hydrogen (secondary N) is 1. The van der Waals surface area contributed by atoms with Gasteiger partial charge in [0.2, 0.25) is 5.91 Å². The van der Waals surface area contributed by atoms with Gasteiger partial charge < -0.3 is 5.32 Å².